The van der Waals surface area contributed by atoms with Crippen molar-refractivity contribution in [1.29, 1.82) is 0 Å². The van der Waals surface area contributed by atoms with E-state index in [4.69, 9.17) is 14.2 Å². The second-order valence-corrected chi connectivity index (χ2v) is 15.4. The number of aliphatic hydroxyl groups is 2. The van der Waals surface area contributed by atoms with Crippen molar-refractivity contribution in [3.8, 4) is 0 Å². The van der Waals surface area contributed by atoms with Gasteiger partial charge in [-0.3, -0.25) is 4.79 Å². The molecule has 4 aliphatic carbocycles. The van der Waals surface area contributed by atoms with Crippen LogP contribution in [0.4, 0.5) is 0 Å². The van der Waals surface area contributed by atoms with E-state index in [0.717, 1.165) is 51.4 Å². The fraction of sp³-hybridized carbons (Fsp3) is 0.906. The summed E-state index contributed by atoms with van der Waals surface area (Å²) in [7, 11) is 0. The molecule has 4 saturated carbocycles. The van der Waals surface area contributed by atoms with Gasteiger partial charge >= 0.3 is 5.97 Å². The molecule has 6 fully saturated rings. The van der Waals surface area contributed by atoms with Gasteiger partial charge in [0.15, 0.2) is 11.2 Å². The van der Waals surface area contributed by atoms with E-state index in [-0.39, 0.29) is 46.1 Å². The van der Waals surface area contributed by atoms with E-state index in [1.807, 2.05) is 26.8 Å². The average molecular weight is 531 g/mol. The molecule has 10 atom stereocenters. The lowest BCUT2D eigenvalue weighted by Crippen LogP contribution is -2.73. The summed E-state index contributed by atoms with van der Waals surface area (Å²) in [5.74, 6) is 1.18. The van der Waals surface area contributed by atoms with E-state index < -0.39 is 22.2 Å². The molecule has 38 heavy (non-hydrogen) atoms. The van der Waals surface area contributed by atoms with Crippen LogP contribution in [0, 0.1) is 39.4 Å². The van der Waals surface area contributed by atoms with Gasteiger partial charge in [0, 0.05) is 12.0 Å². The van der Waals surface area contributed by atoms with E-state index in [1.165, 1.54) is 0 Å². The predicted octanol–water partition coefficient (Wildman–Crippen LogP) is 6.11. The zero-order valence-electron chi connectivity index (χ0n) is 24.9. The maximum Gasteiger partial charge on any atom is 0.316 e. The van der Waals surface area contributed by atoms with Crippen LogP contribution in [0.3, 0.4) is 0 Å². The maximum absolute atomic E-state index is 14.3. The molecular weight excluding hydrogens is 480 g/mol. The molecule has 2 aliphatic heterocycles. The molecule has 0 aromatic carbocycles. The second kappa shape index (κ2) is 7.79. The smallest absolute Gasteiger partial charge is 0.316 e. The van der Waals surface area contributed by atoms with Gasteiger partial charge in [0.05, 0.1) is 12.2 Å². The third-order valence-corrected chi connectivity index (χ3v) is 13.5. The van der Waals surface area contributed by atoms with Crippen molar-refractivity contribution >= 4 is 5.97 Å². The Balaban J connectivity index is 1.35. The molecule has 6 heteroatoms. The number of esters is 1. The van der Waals surface area contributed by atoms with Gasteiger partial charge in [-0.25, -0.2) is 0 Å². The normalized spacial score (nSPS) is 51.4. The summed E-state index contributed by atoms with van der Waals surface area (Å²) >= 11 is 0. The molecule has 2 bridgehead atoms. The van der Waals surface area contributed by atoms with Crippen molar-refractivity contribution in [2.75, 3.05) is 6.61 Å². The number of carbonyl (C=O) groups is 1. The average Bonchev–Trinajstić information content (AvgIpc) is 3.44. The Morgan fingerprint density at radius 3 is 2.53 bits per heavy atom. The SMILES string of the molecule is CCOC(C)(C)/C(O)=C\C[C@@H](C)[C@H]1CC[C@]23C(=O)O[C@]4(CC[C@]12C)[C@]31O[C@H]1C[C@H]1C(C)(C)[C@@H](O)CC[C@@]14C. The van der Waals surface area contributed by atoms with E-state index in [9.17, 15) is 15.0 Å². The van der Waals surface area contributed by atoms with Crippen LogP contribution in [0.5, 0.6) is 0 Å². The first-order valence-corrected chi connectivity index (χ1v) is 15.2. The monoisotopic (exact) mass is 530 g/mol. The summed E-state index contributed by atoms with van der Waals surface area (Å²) in [6, 6.07) is 0. The summed E-state index contributed by atoms with van der Waals surface area (Å²) in [4.78, 5) is 14.3. The summed E-state index contributed by atoms with van der Waals surface area (Å²) in [6.07, 6.45) is 8.51. The topological polar surface area (TPSA) is 88.5 Å². The molecule has 6 aliphatic rings. The number of fused-ring (bicyclic) bond motifs is 1. The van der Waals surface area contributed by atoms with Crippen LogP contribution < -0.4 is 0 Å². The van der Waals surface area contributed by atoms with Gasteiger partial charge in [-0.05, 0) is 107 Å². The van der Waals surface area contributed by atoms with Gasteiger partial charge in [-0.2, -0.15) is 0 Å². The molecule has 2 heterocycles. The fourth-order valence-corrected chi connectivity index (χ4v) is 11.4. The number of epoxide rings is 1. The Morgan fingerprint density at radius 2 is 1.84 bits per heavy atom. The molecule has 2 N–H and O–H groups in total. The molecule has 2 spiro atoms. The molecule has 6 nitrogen and oxygen atoms in total. The summed E-state index contributed by atoms with van der Waals surface area (Å²) < 4.78 is 19.4. The first-order chi connectivity index (χ1) is 17.6. The van der Waals surface area contributed by atoms with Crippen molar-refractivity contribution < 1.29 is 29.2 Å². The Kier molecular flexibility index (Phi) is 5.55. The van der Waals surface area contributed by atoms with E-state index in [1.54, 1.807) is 0 Å². The van der Waals surface area contributed by atoms with Gasteiger partial charge in [0.25, 0.3) is 0 Å². The summed E-state index contributed by atoms with van der Waals surface area (Å²) in [6.45, 7) is 17.7. The number of allylic oxidation sites excluding steroid dienone is 1. The van der Waals surface area contributed by atoms with Crippen LogP contribution in [-0.4, -0.2) is 51.8 Å². The lowest BCUT2D eigenvalue weighted by Gasteiger charge is -2.65. The minimum absolute atomic E-state index is 0.0172. The van der Waals surface area contributed by atoms with Gasteiger partial charge < -0.3 is 24.4 Å². The number of hydrogen-bond acceptors (Lipinski definition) is 6. The number of hydrogen-bond donors (Lipinski definition) is 2. The van der Waals surface area contributed by atoms with Crippen LogP contribution in [0.25, 0.3) is 0 Å². The Hall–Kier alpha value is -1.11. The zero-order valence-corrected chi connectivity index (χ0v) is 24.9. The molecule has 0 unspecified atom stereocenters. The molecule has 0 aromatic heterocycles. The van der Waals surface area contributed by atoms with Crippen LogP contribution in [0.1, 0.15) is 107 Å². The van der Waals surface area contributed by atoms with Crippen molar-refractivity contribution in [3.63, 3.8) is 0 Å². The number of rotatable bonds is 6. The molecule has 0 amide bonds. The highest BCUT2D eigenvalue weighted by Gasteiger charge is 2.97. The predicted molar refractivity (Wildman–Crippen MR) is 144 cm³/mol. The minimum Gasteiger partial charge on any atom is -0.510 e. The largest absolute Gasteiger partial charge is 0.510 e. The Labute approximate surface area is 228 Å². The maximum atomic E-state index is 14.3. The number of ether oxygens (including phenoxy) is 3. The van der Waals surface area contributed by atoms with Gasteiger partial charge in [-0.1, -0.05) is 34.6 Å². The second-order valence-electron chi connectivity index (χ2n) is 15.4. The van der Waals surface area contributed by atoms with Crippen LogP contribution in [0.15, 0.2) is 11.8 Å². The molecular formula is C32H50O6. The first kappa shape index (κ1) is 27.1. The molecule has 2 saturated heterocycles. The van der Waals surface area contributed by atoms with Crippen molar-refractivity contribution in [1.82, 2.24) is 0 Å². The quantitative estimate of drug-likeness (QED) is 0.245. The van der Waals surface area contributed by atoms with Crippen molar-refractivity contribution in [2.45, 2.75) is 136 Å². The van der Waals surface area contributed by atoms with Crippen molar-refractivity contribution in [3.05, 3.63) is 11.8 Å². The highest BCUT2D eigenvalue weighted by Crippen LogP contribution is 2.86. The van der Waals surface area contributed by atoms with E-state index in [0.29, 0.717) is 18.4 Å². The Bertz CT molecular complexity index is 1060. The van der Waals surface area contributed by atoms with Crippen LogP contribution >= 0.6 is 0 Å². The van der Waals surface area contributed by atoms with Crippen molar-refractivity contribution in [2.24, 2.45) is 39.4 Å². The number of aliphatic hydroxyl groups excluding tert-OH is 2. The third-order valence-electron chi connectivity index (χ3n) is 13.5. The fourth-order valence-electron chi connectivity index (χ4n) is 11.4. The summed E-state index contributed by atoms with van der Waals surface area (Å²) in [5.41, 5.74) is -3.07. The van der Waals surface area contributed by atoms with Crippen LogP contribution in [-0.2, 0) is 19.0 Å². The van der Waals surface area contributed by atoms with E-state index >= 15 is 0 Å². The first-order valence-electron chi connectivity index (χ1n) is 15.2. The summed E-state index contributed by atoms with van der Waals surface area (Å²) in [5, 5.41) is 21.7. The zero-order chi connectivity index (χ0) is 27.7. The Morgan fingerprint density at radius 1 is 1.13 bits per heavy atom. The highest BCUT2D eigenvalue weighted by molar-refractivity contribution is 5.87. The molecule has 0 aromatic rings. The third kappa shape index (κ3) is 2.74. The van der Waals surface area contributed by atoms with Gasteiger partial charge in [0.1, 0.15) is 16.8 Å². The standard InChI is InChI=1S/C32H50O6/c1-9-36-27(5,6)23(34)11-10-19(2)20-12-15-30-25(35)38-31(17-16-28(20,30)7)29(8)14-13-22(33)26(3,4)21(29)18-24-32(30,31)37-24/h11,19-22,24,33-34H,9-10,12-18H2,1-8H3/b23-11+/t19-,20-,21+,22+,24+,28-,29+,30+,31+,32-/m1/s1. The lowest BCUT2D eigenvalue weighted by molar-refractivity contribution is -0.232. The minimum atomic E-state index is -0.696. The number of carbonyl (C=O) groups excluding carboxylic acids is 1. The lowest BCUT2D eigenvalue weighted by atomic mass is 9.37. The van der Waals surface area contributed by atoms with Crippen LogP contribution in [0.2, 0.25) is 0 Å². The molecule has 0 radical (unpaired) electrons. The highest BCUT2D eigenvalue weighted by atomic mass is 16.7. The molecule has 6 rings (SSSR count). The van der Waals surface area contributed by atoms with Gasteiger partial charge in [0.2, 0.25) is 0 Å². The van der Waals surface area contributed by atoms with Gasteiger partial charge in [-0.15, -0.1) is 0 Å². The van der Waals surface area contributed by atoms with E-state index in [2.05, 4.69) is 34.6 Å². The molecule has 214 valence electrons.